The fourth-order valence-corrected chi connectivity index (χ4v) is 1.34. The first-order valence-electron chi connectivity index (χ1n) is 4.75. The van der Waals surface area contributed by atoms with Gasteiger partial charge in [0.2, 0.25) is 5.91 Å². The molecular weight excluding hydrogens is 211 g/mol. The lowest BCUT2D eigenvalue weighted by Gasteiger charge is -2.27. The fraction of sp³-hybridized carbons (Fsp3) is 0.875. The Labute approximate surface area is 85.8 Å². The lowest BCUT2D eigenvalue weighted by atomic mass is 10.3. The second-order valence-electron chi connectivity index (χ2n) is 3.35. The molecule has 1 heterocycles. The van der Waals surface area contributed by atoms with Crippen molar-refractivity contribution in [3.8, 4) is 0 Å². The quantitative estimate of drug-likeness (QED) is 0.685. The first-order chi connectivity index (χ1) is 6.99. The van der Waals surface area contributed by atoms with E-state index >= 15 is 0 Å². The maximum absolute atomic E-state index is 11.8. The number of halogens is 3. The molecule has 1 rings (SSSR count). The molecule has 0 aromatic rings. The van der Waals surface area contributed by atoms with Gasteiger partial charge in [0.25, 0.3) is 0 Å². The van der Waals surface area contributed by atoms with Gasteiger partial charge in [-0.1, -0.05) is 0 Å². The van der Waals surface area contributed by atoms with Gasteiger partial charge in [0.1, 0.15) is 0 Å². The van der Waals surface area contributed by atoms with Crippen molar-refractivity contribution in [1.29, 1.82) is 0 Å². The van der Waals surface area contributed by atoms with Crippen molar-refractivity contribution in [2.75, 3.05) is 39.3 Å². The normalized spacial score (nSPS) is 17.9. The van der Waals surface area contributed by atoms with Crippen molar-refractivity contribution in [3.63, 3.8) is 0 Å². The third kappa shape index (κ3) is 4.98. The van der Waals surface area contributed by atoms with Gasteiger partial charge in [0.05, 0.1) is 13.1 Å². The van der Waals surface area contributed by atoms with Crippen molar-refractivity contribution < 1.29 is 18.0 Å². The summed E-state index contributed by atoms with van der Waals surface area (Å²) in [4.78, 5) is 12.9. The molecule has 1 aliphatic heterocycles. The van der Waals surface area contributed by atoms with Crippen molar-refractivity contribution in [3.05, 3.63) is 0 Å². The largest absolute Gasteiger partial charge is 0.401 e. The molecule has 2 N–H and O–H groups in total. The third-order valence-electron chi connectivity index (χ3n) is 2.07. The Balaban J connectivity index is 2.17. The number of piperazine rings is 1. The maximum Gasteiger partial charge on any atom is 0.401 e. The fourth-order valence-electron chi connectivity index (χ4n) is 1.34. The molecule has 15 heavy (non-hydrogen) atoms. The number of hydrogen-bond acceptors (Lipinski definition) is 3. The topological polar surface area (TPSA) is 44.4 Å². The summed E-state index contributed by atoms with van der Waals surface area (Å²) >= 11 is 0. The van der Waals surface area contributed by atoms with Crippen LogP contribution in [0, 0.1) is 0 Å². The highest BCUT2D eigenvalue weighted by atomic mass is 19.4. The molecule has 0 aromatic heterocycles. The summed E-state index contributed by atoms with van der Waals surface area (Å²) < 4.78 is 35.3. The predicted octanol–water partition coefficient (Wildman–Crippen LogP) is -0.430. The van der Waals surface area contributed by atoms with Crippen molar-refractivity contribution >= 4 is 5.91 Å². The predicted molar refractivity (Wildman–Crippen MR) is 48.4 cm³/mol. The zero-order valence-electron chi connectivity index (χ0n) is 8.23. The molecule has 4 nitrogen and oxygen atoms in total. The molecule has 0 atom stereocenters. The molecule has 1 amide bonds. The standard InChI is InChI=1S/C8H14F3N3O/c9-8(10,11)6-13-5-7(15)14-3-1-12-2-4-14/h12-13H,1-6H2. The molecule has 0 spiro atoms. The molecule has 0 aliphatic carbocycles. The second kappa shape index (κ2) is 5.32. The summed E-state index contributed by atoms with van der Waals surface area (Å²) in [5.74, 6) is -0.277. The van der Waals surface area contributed by atoms with E-state index in [1.54, 1.807) is 4.90 Å². The van der Waals surface area contributed by atoms with Crippen molar-refractivity contribution in [2.24, 2.45) is 0 Å². The molecule has 0 radical (unpaired) electrons. The van der Waals surface area contributed by atoms with Crippen LogP contribution >= 0.6 is 0 Å². The maximum atomic E-state index is 11.8. The number of amides is 1. The Bertz CT molecular complexity index is 214. The lowest BCUT2D eigenvalue weighted by molar-refractivity contribution is -0.134. The number of rotatable bonds is 3. The van der Waals surface area contributed by atoms with Gasteiger partial charge in [0, 0.05) is 26.2 Å². The average molecular weight is 225 g/mol. The van der Waals surface area contributed by atoms with Crippen LogP contribution < -0.4 is 10.6 Å². The molecular formula is C8H14F3N3O. The Morgan fingerprint density at radius 3 is 2.47 bits per heavy atom. The molecule has 1 aliphatic rings. The van der Waals surface area contributed by atoms with Crippen LogP contribution in [0.5, 0.6) is 0 Å². The van der Waals surface area contributed by atoms with Gasteiger partial charge in [-0.3, -0.25) is 4.79 Å². The van der Waals surface area contributed by atoms with E-state index in [0.29, 0.717) is 26.2 Å². The highest BCUT2D eigenvalue weighted by molar-refractivity contribution is 5.78. The molecule has 1 fully saturated rings. The van der Waals surface area contributed by atoms with Crippen LogP contribution in [0.1, 0.15) is 0 Å². The van der Waals surface area contributed by atoms with Gasteiger partial charge in [-0.15, -0.1) is 0 Å². The van der Waals surface area contributed by atoms with Crippen LogP contribution in [-0.4, -0.2) is 56.3 Å². The zero-order chi connectivity index (χ0) is 11.3. The van der Waals surface area contributed by atoms with Crippen LogP contribution in [0.25, 0.3) is 0 Å². The average Bonchev–Trinajstić information content (AvgIpc) is 2.17. The summed E-state index contributed by atoms with van der Waals surface area (Å²) in [6.07, 6.45) is -4.26. The number of nitrogens with zero attached hydrogens (tertiary/aromatic N) is 1. The van der Waals surface area contributed by atoms with Crippen molar-refractivity contribution in [1.82, 2.24) is 15.5 Å². The van der Waals surface area contributed by atoms with E-state index in [2.05, 4.69) is 10.6 Å². The smallest absolute Gasteiger partial charge is 0.339 e. The summed E-state index contributed by atoms with van der Waals surface area (Å²) in [5.41, 5.74) is 0. The van der Waals surface area contributed by atoms with Gasteiger partial charge in [-0.25, -0.2) is 0 Å². The highest BCUT2D eigenvalue weighted by Gasteiger charge is 2.27. The number of carbonyl (C=O) groups is 1. The summed E-state index contributed by atoms with van der Waals surface area (Å²) in [6.45, 7) is 1.15. The second-order valence-corrected chi connectivity index (χ2v) is 3.35. The minimum atomic E-state index is -4.26. The first-order valence-corrected chi connectivity index (χ1v) is 4.75. The number of hydrogen-bond donors (Lipinski definition) is 2. The van der Waals surface area contributed by atoms with Crippen LogP contribution in [0.4, 0.5) is 13.2 Å². The number of nitrogens with one attached hydrogen (secondary N) is 2. The van der Waals surface area contributed by atoms with Gasteiger partial charge < -0.3 is 15.5 Å². The van der Waals surface area contributed by atoms with Gasteiger partial charge in [-0.05, 0) is 0 Å². The van der Waals surface area contributed by atoms with Crippen LogP contribution in [0.2, 0.25) is 0 Å². The van der Waals surface area contributed by atoms with E-state index in [-0.39, 0.29) is 12.5 Å². The van der Waals surface area contributed by atoms with E-state index < -0.39 is 12.7 Å². The highest BCUT2D eigenvalue weighted by Crippen LogP contribution is 2.11. The number of carbonyl (C=O) groups excluding carboxylic acids is 1. The van der Waals surface area contributed by atoms with E-state index in [0.717, 1.165) is 0 Å². The van der Waals surface area contributed by atoms with E-state index in [4.69, 9.17) is 0 Å². The summed E-state index contributed by atoms with van der Waals surface area (Å²) in [6, 6.07) is 0. The molecule has 1 saturated heterocycles. The molecule has 7 heteroatoms. The lowest BCUT2D eigenvalue weighted by Crippen LogP contribution is -2.49. The minimum Gasteiger partial charge on any atom is -0.339 e. The van der Waals surface area contributed by atoms with E-state index in [1.807, 2.05) is 0 Å². The molecule has 0 aromatic carbocycles. The van der Waals surface area contributed by atoms with Crippen molar-refractivity contribution in [2.45, 2.75) is 6.18 Å². The SMILES string of the molecule is O=C(CNCC(F)(F)F)N1CCNCC1. The third-order valence-corrected chi connectivity index (χ3v) is 2.07. The Morgan fingerprint density at radius 1 is 1.33 bits per heavy atom. The minimum absolute atomic E-state index is 0.250. The Morgan fingerprint density at radius 2 is 1.93 bits per heavy atom. The van der Waals surface area contributed by atoms with Gasteiger partial charge in [0.15, 0.2) is 0 Å². The Hall–Kier alpha value is -0.820. The van der Waals surface area contributed by atoms with E-state index in [1.165, 1.54) is 0 Å². The van der Waals surface area contributed by atoms with Gasteiger partial charge in [-0.2, -0.15) is 13.2 Å². The monoisotopic (exact) mass is 225 g/mol. The van der Waals surface area contributed by atoms with Crippen LogP contribution in [0.15, 0.2) is 0 Å². The van der Waals surface area contributed by atoms with Crippen LogP contribution in [-0.2, 0) is 4.79 Å². The summed E-state index contributed by atoms with van der Waals surface area (Å²) in [7, 11) is 0. The molecule has 0 bridgehead atoms. The Kier molecular flexibility index (Phi) is 4.34. The van der Waals surface area contributed by atoms with E-state index in [9.17, 15) is 18.0 Å². The van der Waals surface area contributed by atoms with Gasteiger partial charge >= 0.3 is 6.18 Å². The molecule has 88 valence electrons. The van der Waals surface area contributed by atoms with Crippen LogP contribution in [0.3, 0.4) is 0 Å². The number of alkyl halides is 3. The zero-order valence-corrected chi connectivity index (χ0v) is 8.23. The molecule has 0 unspecified atom stereocenters. The first kappa shape index (κ1) is 12.3. The molecule has 0 saturated carbocycles. The summed E-state index contributed by atoms with van der Waals surface area (Å²) in [5, 5.41) is 5.14.